The number of ether oxygens (including phenoxy) is 1. The van der Waals surface area contributed by atoms with Crippen molar-refractivity contribution in [3.05, 3.63) is 10.6 Å². The largest absolute Gasteiger partial charge is 0.378 e. The van der Waals surface area contributed by atoms with Gasteiger partial charge in [-0.2, -0.15) is 15.0 Å². The van der Waals surface area contributed by atoms with Gasteiger partial charge in [0.25, 0.3) is 0 Å². The van der Waals surface area contributed by atoms with Crippen LogP contribution in [-0.2, 0) is 4.74 Å². The molecule has 0 aliphatic carbocycles. The Balaban J connectivity index is 2.11. The van der Waals surface area contributed by atoms with Gasteiger partial charge >= 0.3 is 0 Å². The van der Waals surface area contributed by atoms with E-state index in [0.29, 0.717) is 5.95 Å². The van der Waals surface area contributed by atoms with Crippen LogP contribution in [0.4, 0.5) is 5.95 Å². The van der Waals surface area contributed by atoms with E-state index in [4.69, 9.17) is 27.9 Å². The summed E-state index contributed by atoms with van der Waals surface area (Å²) in [5.74, 6) is 0.529. The zero-order valence-corrected chi connectivity index (χ0v) is 17.5. The van der Waals surface area contributed by atoms with E-state index in [0.717, 1.165) is 25.9 Å². The Morgan fingerprint density at radius 3 is 2.04 bits per heavy atom. The van der Waals surface area contributed by atoms with Crippen LogP contribution < -0.4 is 4.90 Å². The Morgan fingerprint density at radius 2 is 1.52 bits per heavy atom. The first-order valence-electron chi connectivity index (χ1n) is 9.15. The maximum atomic E-state index is 6.20. The number of rotatable bonds is 7. The molecule has 2 rings (SSSR count). The molecule has 7 heteroatoms. The molecular weight excluding hydrogens is 359 g/mol. The summed E-state index contributed by atoms with van der Waals surface area (Å²) >= 11 is 12.0. The summed E-state index contributed by atoms with van der Waals surface area (Å²) in [5.41, 5.74) is -0.353. The van der Waals surface area contributed by atoms with Gasteiger partial charge in [-0.25, -0.2) is 0 Å². The molecule has 0 radical (unpaired) electrons. The first-order valence-corrected chi connectivity index (χ1v) is 9.90. The minimum atomic E-state index is -0.177. The molecular formula is C18H30Cl2N4O. The Bertz CT molecular complexity index is 542. The molecule has 1 aliphatic heterocycles. The predicted octanol–water partition coefficient (Wildman–Crippen LogP) is 5.30. The summed E-state index contributed by atoms with van der Waals surface area (Å²) in [5, 5.41) is 0.242. The van der Waals surface area contributed by atoms with Gasteiger partial charge in [0.15, 0.2) is 0 Å². The van der Waals surface area contributed by atoms with Crippen LogP contribution in [0.2, 0.25) is 10.6 Å². The summed E-state index contributed by atoms with van der Waals surface area (Å²) in [7, 11) is 0. The second-order valence-corrected chi connectivity index (χ2v) is 8.77. The zero-order valence-electron chi connectivity index (χ0n) is 16.0. The fourth-order valence-electron chi connectivity index (χ4n) is 4.04. The van der Waals surface area contributed by atoms with Crippen molar-refractivity contribution in [3.63, 3.8) is 0 Å². The topological polar surface area (TPSA) is 51.1 Å². The molecule has 1 fully saturated rings. The predicted molar refractivity (Wildman–Crippen MR) is 104 cm³/mol. The molecule has 0 spiro atoms. The molecule has 25 heavy (non-hydrogen) atoms. The van der Waals surface area contributed by atoms with Crippen molar-refractivity contribution >= 4 is 29.2 Å². The molecule has 0 bridgehead atoms. The van der Waals surface area contributed by atoms with Gasteiger partial charge < -0.3 is 9.64 Å². The molecule has 5 nitrogen and oxygen atoms in total. The fraction of sp³-hybridized carbons (Fsp3) is 0.833. The normalized spacial score (nSPS) is 20.0. The second kappa shape index (κ2) is 8.36. The van der Waals surface area contributed by atoms with E-state index in [9.17, 15) is 0 Å². The summed E-state index contributed by atoms with van der Waals surface area (Å²) in [6.07, 6.45) is 6.94. The van der Waals surface area contributed by atoms with E-state index in [2.05, 4.69) is 54.5 Å². The molecule has 1 aliphatic rings. The number of halogens is 2. The van der Waals surface area contributed by atoms with Gasteiger partial charge in [-0.1, -0.05) is 26.2 Å². The van der Waals surface area contributed by atoms with Crippen LogP contribution in [0.1, 0.15) is 73.1 Å². The maximum Gasteiger partial charge on any atom is 0.231 e. The van der Waals surface area contributed by atoms with Gasteiger partial charge in [0, 0.05) is 17.7 Å². The standard InChI is InChI=1S/C18H30Cl2N4O/c1-6-7-8-9-10-25-13-11-17(2,3)24(18(4,5)12-13)16-22-14(19)21-15(20)23-16/h13H,6-12H2,1-5H3. The second-order valence-electron chi connectivity index (χ2n) is 8.10. The van der Waals surface area contributed by atoms with Crippen molar-refractivity contribution in [1.82, 2.24) is 15.0 Å². The first-order chi connectivity index (χ1) is 11.7. The molecule has 0 aromatic carbocycles. The van der Waals surface area contributed by atoms with Crippen LogP contribution in [0.3, 0.4) is 0 Å². The molecule has 0 unspecified atom stereocenters. The van der Waals surface area contributed by atoms with Crippen molar-refractivity contribution in [2.45, 2.75) is 90.3 Å². The number of nitrogens with zero attached hydrogens (tertiary/aromatic N) is 4. The van der Waals surface area contributed by atoms with Crippen molar-refractivity contribution in [2.75, 3.05) is 11.5 Å². The lowest BCUT2D eigenvalue weighted by atomic mass is 9.78. The minimum absolute atomic E-state index is 0.121. The maximum absolute atomic E-state index is 6.20. The van der Waals surface area contributed by atoms with Crippen molar-refractivity contribution in [3.8, 4) is 0 Å². The third-order valence-corrected chi connectivity index (χ3v) is 5.12. The molecule has 0 N–H and O–H groups in total. The fourth-order valence-corrected chi connectivity index (χ4v) is 4.40. The van der Waals surface area contributed by atoms with Crippen LogP contribution >= 0.6 is 23.2 Å². The van der Waals surface area contributed by atoms with Gasteiger partial charge in [-0.15, -0.1) is 0 Å². The van der Waals surface area contributed by atoms with Gasteiger partial charge in [-0.3, -0.25) is 0 Å². The van der Waals surface area contributed by atoms with Crippen molar-refractivity contribution in [2.24, 2.45) is 0 Å². The first kappa shape index (κ1) is 20.7. The Kier molecular flexibility index (Phi) is 6.91. The molecule has 0 amide bonds. The number of hydrogen-bond acceptors (Lipinski definition) is 5. The highest BCUT2D eigenvalue weighted by Gasteiger charge is 2.47. The molecule has 0 saturated carbocycles. The number of aromatic nitrogens is 3. The number of unbranched alkanes of at least 4 members (excludes halogenated alkanes) is 3. The van der Waals surface area contributed by atoms with E-state index >= 15 is 0 Å². The van der Waals surface area contributed by atoms with Crippen molar-refractivity contribution in [1.29, 1.82) is 0 Å². The number of piperidine rings is 1. The highest BCUT2D eigenvalue weighted by atomic mass is 35.5. The average Bonchev–Trinajstić information content (AvgIpc) is 2.43. The van der Waals surface area contributed by atoms with Gasteiger partial charge in [0.1, 0.15) is 0 Å². The monoisotopic (exact) mass is 388 g/mol. The number of anilines is 1. The van der Waals surface area contributed by atoms with E-state index < -0.39 is 0 Å². The Labute approximate surface area is 161 Å². The molecule has 1 aromatic heterocycles. The highest BCUT2D eigenvalue weighted by molar-refractivity contribution is 6.31. The lowest BCUT2D eigenvalue weighted by Gasteiger charge is -2.55. The van der Waals surface area contributed by atoms with Crippen LogP contribution in [-0.4, -0.2) is 38.7 Å². The summed E-state index contributed by atoms with van der Waals surface area (Å²) in [6, 6.07) is 0. The zero-order chi connectivity index (χ0) is 18.7. The molecule has 0 atom stereocenters. The van der Waals surface area contributed by atoms with Gasteiger partial charge in [0.2, 0.25) is 16.5 Å². The molecule has 1 saturated heterocycles. The third-order valence-electron chi connectivity index (χ3n) is 4.79. The van der Waals surface area contributed by atoms with Gasteiger partial charge in [-0.05, 0) is 70.2 Å². The molecule has 2 heterocycles. The quantitative estimate of drug-likeness (QED) is 0.592. The van der Waals surface area contributed by atoms with Crippen LogP contribution in [0.15, 0.2) is 0 Å². The van der Waals surface area contributed by atoms with Crippen LogP contribution in [0, 0.1) is 0 Å². The van der Waals surface area contributed by atoms with Crippen LogP contribution in [0.5, 0.6) is 0 Å². The Morgan fingerprint density at radius 1 is 0.960 bits per heavy atom. The lowest BCUT2D eigenvalue weighted by Crippen LogP contribution is -2.63. The lowest BCUT2D eigenvalue weighted by molar-refractivity contribution is -0.00888. The Hall–Kier alpha value is -0.650. The summed E-state index contributed by atoms with van der Waals surface area (Å²) < 4.78 is 6.20. The smallest absolute Gasteiger partial charge is 0.231 e. The SMILES string of the molecule is CCCCCCOC1CC(C)(C)N(c2nc(Cl)nc(Cl)n2)C(C)(C)C1. The number of hydrogen-bond donors (Lipinski definition) is 0. The van der Waals surface area contributed by atoms with E-state index in [1.54, 1.807) is 0 Å². The van der Waals surface area contributed by atoms with E-state index in [1.807, 2.05) is 0 Å². The highest BCUT2D eigenvalue weighted by Crippen LogP contribution is 2.42. The van der Waals surface area contributed by atoms with Crippen molar-refractivity contribution < 1.29 is 4.74 Å². The summed E-state index contributed by atoms with van der Waals surface area (Å²) in [6.45, 7) is 11.8. The third kappa shape index (κ3) is 5.41. The molecule has 1 aromatic rings. The molecule has 142 valence electrons. The summed E-state index contributed by atoms with van der Waals surface area (Å²) in [4.78, 5) is 14.7. The van der Waals surface area contributed by atoms with Gasteiger partial charge in [0.05, 0.1) is 6.10 Å². The average molecular weight is 389 g/mol. The van der Waals surface area contributed by atoms with Crippen LogP contribution in [0.25, 0.3) is 0 Å². The minimum Gasteiger partial charge on any atom is -0.378 e. The van der Waals surface area contributed by atoms with E-state index in [1.165, 1.54) is 19.3 Å². The van der Waals surface area contributed by atoms with E-state index in [-0.39, 0.29) is 27.7 Å².